The van der Waals surface area contributed by atoms with E-state index in [4.69, 9.17) is 23.1 Å². The highest BCUT2D eigenvalue weighted by atomic mass is 32.2. The first-order valence-electron chi connectivity index (χ1n) is 10.00. The molecule has 0 aliphatic carbocycles. The lowest BCUT2D eigenvalue weighted by atomic mass is 9.88. The maximum Gasteiger partial charge on any atom is 0.394 e. The number of hydrogen-bond acceptors (Lipinski definition) is 9. The molecular formula is C21H35O8SSi+. The first kappa shape index (κ1) is 29.2. The van der Waals surface area contributed by atoms with Crippen LogP contribution < -0.4 is 0 Å². The molecule has 0 rings (SSSR count). The topological polar surface area (TPSA) is 97.4 Å². The molecular weight excluding hydrogens is 440 g/mol. The van der Waals surface area contributed by atoms with Crippen molar-refractivity contribution in [1.82, 2.24) is 0 Å². The molecule has 0 aromatic rings. The van der Waals surface area contributed by atoms with E-state index in [2.05, 4.69) is 20.3 Å². The second-order valence-corrected chi connectivity index (χ2v) is 11.8. The lowest BCUT2D eigenvalue weighted by Gasteiger charge is -2.30. The lowest BCUT2D eigenvalue weighted by Crippen LogP contribution is -2.38. The third-order valence-corrected chi connectivity index (χ3v) is 8.58. The molecule has 31 heavy (non-hydrogen) atoms. The van der Waals surface area contributed by atoms with Crippen molar-refractivity contribution in [2.75, 3.05) is 38.4 Å². The van der Waals surface area contributed by atoms with E-state index in [9.17, 15) is 14.4 Å². The van der Waals surface area contributed by atoms with E-state index in [1.54, 1.807) is 18.9 Å². The zero-order chi connectivity index (χ0) is 23.8. The van der Waals surface area contributed by atoms with Crippen LogP contribution in [0.3, 0.4) is 0 Å². The fraction of sp³-hybridized carbons (Fsp3) is 0.619. The molecule has 0 aromatic carbocycles. The van der Waals surface area contributed by atoms with Crippen LogP contribution in [0.1, 0.15) is 26.2 Å². The summed E-state index contributed by atoms with van der Waals surface area (Å²) in [7, 11) is 2.95. The van der Waals surface area contributed by atoms with Gasteiger partial charge in [0.25, 0.3) is 0 Å². The molecule has 0 heterocycles. The van der Waals surface area contributed by atoms with Crippen LogP contribution >= 0.6 is 11.8 Å². The molecule has 176 valence electrons. The Kier molecular flexibility index (Phi) is 15.1. The van der Waals surface area contributed by atoms with Crippen LogP contribution in [0.25, 0.3) is 0 Å². The largest absolute Gasteiger partial charge is 0.465 e. The maximum atomic E-state index is 12.2. The fourth-order valence-electron chi connectivity index (χ4n) is 2.29. The Morgan fingerprint density at radius 3 is 2.03 bits per heavy atom. The summed E-state index contributed by atoms with van der Waals surface area (Å²) in [5.74, 6) is -0.0884. The van der Waals surface area contributed by atoms with Gasteiger partial charge in [-0.05, 0) is 31.2 Å². The molecule has 0 aliphatic heterocycles. The van der Waals surface area contributed by atoms with Crippen LogP contribution in [0.2, 0.25) is 12.6 Å². The van der Waals surface area contributed by atoms with Crippen LogP contribution in [0.4, 0.5) is 0 Å². The van der Waals surface area contributed by atoms with Gasteiger partial charge in [0.05, 0.1) is 11.8 Å². The number of hydrogen-bond donors (Lipinski definition) is 0. The van der Waals surface area contributed by atoms with Crippen molar-refractivity contribution in [3.63, 3.8) is 0 Å². The number of rotatable bonds is 18. The highest BCUT2D eigenvalue weighted by Crippen LogP contribution is 2.25. The van der Waals surface area contributed by atoms with E-state index in [0.717, 1.165) is 30.4 Å². The first-order valence-corrected chi connectivity index (χ1v) is 13.7. The highest BCUT2D eigenvalue weighted by molar-refractivity contribution is 7.99. The van der Waals surface area contributed by atoms with Gasteiger partial charge in [0.15, 0.2) is 0 Å². The molecule has 0 saturated carbocycles. The van der Waals surface area contributed by atoms with Crippen molar-refractivity contribution in [2.24, 2.45) is 5.41 Å². The van der Waals surface area contributed by atoms with Crippen LogP contribution in [-0.2, 0) is 37.4 Å². The molecule has 0 aliphatic rings. The fourth-order valence-corrected chi connectivity index (χ4v) is 4.69. The van der Waals surface area contributed by atoms with Gasteiger partial charge in [-0.15, -0.1) is 0 Å². The van der Waals surface area contributed by atoms with Gasteiger partial charge in [0, 0.05) is 25.0 Å². The van der Waals surface area contributed by atoms with Gasteiger partial charge >= 0.3 is 26.5 Å². The standard InChI is InChI=1S/C21H35O8SSi/c1-7-18(22)27-15-21(9-3,16-28-19(23)8-2)17-29-20(24)11-13-30-12-10-14-31(6,25-4)26-5/h7-8H,1-2,4,9-17H2,3,5-6H3/q+1. The Bertz CT molecular complexity index is 568. The lowest BCUT2D eigenvalue weighted by molar-refractivity contribution is -0.158. The van der Waals surface area contributed by atoms with Crippen molar-refractivity contribution < 1.29 is 37.4 Å². The average Bonchev–Trinajstić information content (AvgIpc) is 2.80. The summed E-state index contributed by atoms with van der Waals surface area (Å²) in [5, 5.41) is 0. The van der Waals surface area contributed by atoms with Crippen molar-refractivity contribution in [3.05, 3.63) is 32.4 Å². The average molecular weight is 476 g/mol. The van der Waals surface area contributed by atoms with E-state index in [1.165, 1.54) is 0 Å². The van der Waals surface area contributed by atoms with Crippen LogP contribution in [0, 0.1) is 12.5 Å². The molecule has 0 bridgehead atoms. The summed E-state index contributed by atoms with van der Waals surface area (Å²) < 4.78 is 26.2. The zero-order valence-corrected chi connectivity index (χ0v) is 20.6. The van der Waals surface area contributed by atoms with Crippen molar-refractivity contribution in [2.45, 2.75) is 38.8 Å². The highest BCUT2D eigenvalue weighted by Gasteiger charge is 2.34. The van der Waals surface area contributed by atoms with Gasteiger partial charge in [-0.1, -0.05) is 20.1 Å². The van der Waals surface area contributed by atoms with Gasteiger partial charge in [0.1, 0.15) is 19.8 Å². The van der Waals surface area contributed by atoms with Crippen LogP contribution in [0.15, 0.2) is 25.3 Å². The number of ether oxygens (including phenoxy) is 3. The molecule has 1 atom stereocenters. The Morgan fingerprint density at radius 1 is 1.03 bits per heavy atom. The molecule has 0 amide bonds. The molecule has 0 radical (unpaired) electrons. The minimum Gasteiger partial charge on any atom is -0.465 e. The van der Waals surface area contributed by atoms with Gasteiger partial charge in [-0.25, -0.2) is 14.0 Å². The van der Waals surface area contributed by atoms with Gasteiger partial charge < -0.3 is 18.6 Å². The molecule has 8 nitrogen and oxygen atoms in total. The second-order valence-electron chi connectivity index (χ2n) is 7.09. The van der Waals surface area contributed by atoms with Crippen molar-refractivity contribution in [3.8, 4) is 0 Å². The predicted molar refractivity (Wildman–Crippen MR) is 122 cm³/mol. The number of carbonyl (C=O) groups is 3. The van der Waals surface area contributed by atoms with Gasteiger partial charge in [-0.2, -0.15) is 11.8 Å². The van der Waals surface area contributed by atoms with Gasteiger partial charge in [0.2, 0.25) is 7.11 Å². The predicted octanol–water partition coefficient (Wildman–Crippen LogP) is 3.42. The van der Waals surface area contributed by atoms with Crippen LogP contribution in [-0.4, -0.2) is 64.9 Å². The Hall–Kier alpha value is -1.75. The SMILES string of the molecule is C=CC(=O)OCC(CC)(COC(=O)C=C)COC(=O)CCSCCC[Si](C)(O[CH2+])OC. The molecule has 0 spiro atoms. The third-order valence-electron chi connectivity index (χ3n) is 4.77. The smallest absolute Gasteiger partial charge is 0.394 e. The summed E-state index contributed by atoms with van der Waals surface area (Å²) in [6, 6.07) is 0.830. The zero-order valence-electron chi connectivity index (χ0n) is 18.8. The first-order chi connectivity index (χ1) is 14.7. The summed E-state index contributed by atoms with van der Waals surface area (Å²) in [4.78, 5) is 35.0. The summed E-state index contributed by atoms with van der Waals surface area (Å²) in [6.07, 6.45) is 3.70. The van der Waals surface area contributed by atoms with Crippen molar-refractivity contribution >= 4 is 38.2 Å². The molecule has 0 aromatic heterocycles. The quantitative estimate of drug-likeness (QED) is 0.0737. The van der Waals surface area contributed by atoms with Gasteiger partial charge in [-0.3, -0.25) is 4.79 Å². The molecule has 10 heteroatoms. The Balaban J connectivity index is 4.49. The monoisotopic (exact) mass is 475 g/mol. The number of thioether (sulfide) groups is 1. The van der Waals surface area contributed by atoms with E-state index in [0.29, 0.717) is 12.2 Å². The minimum atomic E-state index is -2.16. The molecule has 0 N–H and O–H groups in total. The summed E-state index contributed by atoms with van der Waals surface area (Å²) in [5.41, 5.74) is -0.844. The van der Waals surface area contributed by atoms with E-state index in [1.807, 2.05) is 13.5 Å². The number of carbonyl (C=O) groups excluding carboxylic acids is 3. The van der Waals surface area contributed by atoms with E-state index in [-0.39, 0.29) is 32.2 Å². The molecule has 0 fully saturated rings. The molecule has 0 saturated heterocycles. The number of esters is 3. The normalized spacial score (nSPS) is 13.0. The maximum absolute atomic E-state index is 12.2. The van der Waals surface area contributed by atoms with E-state index < -0.39 is 25.9 Å². The Morgan fingerprint density at radius 2 is 1.58 bits per heavy atom. The summed E-state index contributed by atoms with van der Waals surface area (Å²) in [6.45, 7) is 10.3. The third kappa shape index (κ3) is 12.6. The Labute approximate surface area is 190 Å². The van der Waals surface area contributed by atoms with E-state index >= 15 is 0 Å². The second kappa shape index (κ2) is 16.0. The van der Waals surface area contributed by atoms with Crippen LogP contribution in [0.5, 0.6) is 0 Å². The van der Waals surface area contributed by atoms with Crippen molar-refractivity contribution in [1.29, 1.82) is 0 Å². The summed E-state index contributed by atoms with van der Waals surface area (Å²) >= 11 is 1.65. The minimum absolute atomic E-state index is 0.0412. The molecule has 1 unspecified atom stereocenters.